The van der Waals surface area contributed by atoms with Crippen molar-refractivity contribution in [1.82, 2.24) is 0 Å². The normalized spacial score (nSPS) is 12.1. The van der Waals surface area contributed by atoms with Gasteiger partial charge >= 0.3 is 0 Å². The summed E-state index contributed by atoms with van der Waals surface area (Å²) < 4.78 is 12.6. The van der Waals surface area contributed by atoms with Crippen LogP contribution in [0.25, 0.3) is 120 Å². The van der Waals surface area contributed by atoms with Crippen LogP contribution in [0.4, 0.5) is 0 Å². The van der Waals surface area contributed by atoms with Crippen molar-refractivity contribution in [2.24, 2.45) is 0 Å². The van der Waals surface area contributed by atoms with Gasteiger partial charge in [-0.25, -0.2) is 0 Å². The maximum Gasteiger partial charge on any atom is 0.136 e. The van der Waals surface area contributed by atoms with E-state index in [1.807, 2.05) is 12.1 Å². The second kappa shape index (κ2) is 11.2. The van der Waals surface area contributed by atoms with E-state index in [1.54, 1.807) is 0 Å². The van der Waals surface area contributed by atoms with Crippen LogP contribution in [-0.4, -0.2) is 0 Å². The molecule has 250 valence electrons. The van der Waals surface area contributed by atoms with Gasteiger partial charge in [0.2, 0.25) is 0 Å². The zero-order valence-electron chi connectivity index (χ0n) is 29.1. The summed E-state index contributed by atoms with van der Waals surface area (Å²) in [5.41, 5.74) is 11.0. The number of fused-ring (bicyclic) bond motifs is 11. The first-order valence-corrected chi connectivity index (χ1v) is 18.5. The number of furan rings is 2. The van der Waals surface area contributed by atoms with Crippen molar-refractivity contribution in [1.29, 1.82) is 0 Å². The lowest BCUT2D eigenvalue weighted by molar-refractivity contribution is 0.668. The summed E-state index contributed by atoms with van der Waals surface area (Å²) in [6.07, 6.45) is 0. The van der Waals surface area contributed by atoms with Crippen LogP contribution in [0, 0.1) is 0 Å². The average molecular weight is 687 g/mol. The predicted octanol–water partition coefficient (Wildman–Crippen LogP) is 15.1. The van der Waals surface area contributed by atoms with E-state index in [-0.39, 0.29) is 0 Å². The Morgan fingerprint density at radius 1 is 0.241 bits per heavy atom. The van der Waals surface area contributed by atoms with Gasteiger partial charge in [0.15, 0.2) is 0 Å². The second-order valence-electron chi connectivity index (χ2n) is 14.4. The Balaban J connectivity index is 0.994. The van der Waals surface area contributed by atoms with Crippen LogP contribution in [0.15, 0.2) is 191 Å². The first kappa shape index (κ1) is 29.4. The van der Waals surface area contributed by atoms with Crippen molar-refractivity contribution in [3.05, 3.63) is 182 Å². The number of rotatable bonds is 3. The highest BCUT2D eigenvalue weighted by Crippen LogP contribution is 2.45. The molecule has 0 N–H and O–H groups in total. The van der Waals surface area contributed by atoms with Crippen LogP contribution in [0.3, 0.4) is 0 Å². The van der Waals surface area contributed by atoms with Crippen molar-refractivity contribution in [2.75, 3.05) is 0 Å². The molecule has 0 saturated carbocycles. The molecule has 0 saturated heterocycles. The van der Waals surface area contributed by atoms with E-state index in [0.717, 1.165) is 54.8 Å². The van der Waals surface area contributed by atoms with Crippen molar-refractivity contribution in [3.63, 3.8) is 0 Å². The van der Waals surface area contributed by atoms with E-state index in [2.05, 4.69) is 170 Å². The third-order valence-corrected chi connectivity index (χ3v) is 11.4. The molecule has 0 bridgehead atoms. The highest BCUT2D eigenvalue weighted by molar-refractivity contribution is 6.23. The fourth-order valence-corrected chi connectivity index (χ4v) is 8.93. The molecule has 0 spiro atoms. The molecular formula is C52H30O2. The molecule has 0 radical (unpaired) electrons. The Kier molecular flexibility index (Phi) is 6.09. The predicted molar refractivity (Wildman–Crippen MR) is 227 cm³/mol. The highest BCUT2D eigenvalue weighted by atomic mass is 16.3. The fraction of sp³-hybridized carbons (Fsp3) is 0. The first-order valence-electron chi connectivity index (χ1n) is 18.5. The lowest BCUT2D eigenvalue weighted by Crippen LogP contribution is -1.90. The van der Waals surface area contributed by atoms with Gasteiger partial charge in [0.1, 0.15) is 22.3 Å². The molecule has 0 amide bonds. The maximum atomic E-state index is 6.43. The van der Waals surface area contributed by atoms with Gasteiger partial charge in [-0.3, -0.25) is 0 Å². The van der Waals surface area contributed by atoms with Gasteiger partial charge in [-0.2, -0.15) is 0 Å². The highest BCUT2D eigenvalue weighted by Gasteiger charge is 2.18. The molecule has 2 aromatic heterocycles. The molecule has 2 heteroatoms. The van der Waals surface area contributed by atoms with Crippen LogP contribution in [0.2, 0.25) is 0 Å². The van der Waals surface area contributed by atoms with E-state index in [9.17, 15) is 0 Å². The lowest BCUT2D eigenvalue weighted by atomic mass is 9.85. The summed E-state index contributed by atoms with van der Waals surface area (Å²) >= 11 is 0. The van der Waals surface area contributed by atoms with Crippen LogP contribution in [-0.2, 0) is 0 Å². The summed E-state index contributed by atoms with van der Waals surface area (Å²) in [7, 11) is 0. The third kappa shape index (κ3) is 4.28. The van der Waals surface area contributed by atoms with Gasteiger partial charge in [0, 0.05) is 21.5 Å². The smallest absolute Gasteiger partial charge is 0.136 e. The molecule has 2 nitrogen and oxygen atoms in total. The van der Waals surface area contributed by atoms with E-state index in [4.69, 9.17) is 8.83 Å². The minimum atomic E-state index is 0.889. The molecule has 0 aliphatic rings. The molecule has 12 rings (SSSR count). The van der Waals surface area contributed by atoms with Gasteiger partial charge in [0.25, 0.3) is 0 Å². The minimum Gasteiger partial charge on any atom is -0.456 e. The van der Waals surface area contributed by atoms with Gasteiger partial charge in [-0.05, 0) is 125 Å². The van der Waals surface area contributed by atoms with Crippen LogP contribution >= 0.6 is 0 Å². The van der Waals surface area contributed by atoms with Gasteiger partial charge in [-0.1, -0.05) is 133 Å². The van der Waals surface area contributed by atoms with Crippen LogP contribution in [0.5, 0.6) is 0 Å². The maximum absolute atomic E-state index is 6.43. The summed E-state index contributed by atoms with van der Waals surface area (Å²) in [6.45, 7) is 0. The Morgan fingerprint density at radius 3 is 1.48 bits per heavy atom. The van der Waals surface area contributed by atoms with Crippen molar-refractivity contribution in [2.45, 2.75) is 0 Å². The third-order valence-electron chi connectivity index (χ3n) is 11.4. The van der Waals surface area contributed by atoms with E-state index >= 15 is 0 Å². The van der Waals surface area contributed by atoms with E-state index < -0.39 is 0 Å². The van der Waals surface area contributed by atoms with Crippen molar-refractivity contribution < 1.29 is 8.83 Å². The van der Waals surface area contributed by atoms with Crippen LogP contribution < -0.4 is 0 Å². The molecular weight excluding hydrogens is 657 g/mol. The van der Waals surface area contributed by atoms with Gasteiger partial charge in [-0.15, -0.1) is 0 Å². The first-order chi connectivity index (χ1) is 26.7. The fourth-order valence-electron chi connectivity index (χ4n) is 8.93. The monoisotopic (exact) mass is 686 g/mol. The van der Waals surface area contributed by atoms with Crippen molar-refractivity contribution >= 4 is 87.0 Å². The van der Waals surface area contributed by atoms with Gasteiger partial charge < -0.3 is 8.83 Å². The summed E-state index contributed by atoms with van der Waals surface area (Å²) in [5.74, 6) is 0. The molecule has 0 unspecified atom stereocenters. The van der Waals surface area contributed by atoms with Crippen molar-refractivity contribution in [3.8, 4) is 33.4 Å². The molecule has 12 aromatic rings. The molecule has 0 aliphatic carbocycles. The lowest BCUT2D eigenvalue weighted by Gasteiger charge is -2.18. The molecule has 10 aromatic carbocycles. The molecule has 0 aliphatic heterocycles. The zero-order valence-corrected chi connectivity index (χ0v) is 29.1. The molecule has 54 heavy (non-hydrogen) atoms. The summed E-state index contributed by atoms with van der Waals surface area (Å²) in [4.78, 5) is 0. The minimum absolute atomic E-state index is 0.889. The number of hydrogen-bond acceptors (Lipinski definition) is 2. The Morgan fingerprint density at radius 2 is 0.741 bits per heavy atom. The topological polar surface area (TPSA) is 26.3 Å². The van der Waals surface area contributed by atoms with E-state index in [1.165, 1.54) is 65.5 Å². The molecule has 0 fully saturated rings. The SMILES string of the molecule is c1ccc(-c2c3ccccc3c(-c3ccc4cc(-c5ccc6oc7cc8ccc9oc%10ccccc%10c9c8cc7c6c5)ccc4c3)c3ccccc23)cc1. The number of para-hydroxylation sites is 1. The average Bonchev–Trinajstić information content (AvgIpc) is 3.79. The Bertz CT molecular complexity index is 3430. The zero-order chi connectivity index (χ0) is 35.3. The second-order valence-corrected chi connectivity index (χ2v) is 14.4. The quantitative estimate of drug-likeness (QED) is 0.173. The molecule has 0 atom stereocenters. The Labute approximate surface area is 310 Å². The van der Waals surface area contributed by atoms with Gasteiger partial charge in [0.05, 0.1) is 0 Å². The summed E-state index contributed by atoms with van der Waals surface area (Å²) in [6, 6.07) is 65.7. The number of benzene rings is 10. The van der Waals surface area contributed by atoms with E-state index in [0.29, 0.717) is 0 Å². The summed E-state index contributed by atoms with van der Waals surface area (Å²) in [5, 5.41) is 14.3. The van der Waals surface area contributed by atoms with Crippen LogP contribution in [0.1, 0.15) is 0 Å². The largest absolute Gasteiger partial charge is 0.456 e. The Hall–Kier alpha value is -7.16. The number of hydrogen-bond donors (Lipinski definition) is 0. The molecule has 2 heterocycles. The standard InChI is InChI=1S/C52H30O2/c1-2-10-31(11-3-1)50-38-12-4-6-14-40(38)51(41-15-7-5-13-39(41)50)37-21-20-32-26-33(18-19-34(32)27-37)35-22-24-47-44(28-35)45-30-43-36(29-49(45)54-47)23-25-48-52(43)42-16-8-9-17-46(42)53-48/h1-30H.